The molecule has 1 atom stereocenters. The van der Waals surface area contributed by atoms with Crippen LogP contribution in [0.4, 0.5) is 0 Å². The van der Waals surface area contributed by atoms with E-state index >= 15 is 0 Å². The number of nitrogens with one attached hydrogen (secondary N) is 1. The molecule has 1 heterocycles. The van der Waals surface area contributed by atoms with E-state index in [1.54, 1.807) is 6.92 Å². The van der Waals surface area contributed by atoms with Gasteiger partial charge in [0, 0.05) is 32.7 Å². The number of amides is 1. The number of carbonyl (C=O) groups is 1. The quantitative estimate of drug-likeness (QED) is 0.773. The third-order valence-electron chi connectivity index (χ3n) is 4.77. The van der Waals surface area contributed by atoms with E-state index in [-0.39, 0.29) is 5.91 Å². The van der Waals surface area contributed by atoms with Crippen molar-refractivity contribution in [1.29, 1.82) is 0 Å². The molecule has 0 bridgehead atoms. The Balaban J connectivity index is 1.67. The van der Waals surface area contributed by atoms with E-state index in [0.717, 1.165) is 50.5 Å². The van der Waals surface area contributed by atoms with Crippen molar-refractivity contribution in [3.63, 3.8) is 0 Å². The zero-order valence-corrected chi connectivity index (χ0v) is 15.5. The van der Waals surface area contributed by atoms with Gasteiger partial charge in [0.25, 0.3) is 5.91 Å². The fourth-order valence-electron chi connectivity index (χ4n) is 2.83. The van der Waals surface area contributed by atoms with Gasteiger partial charge in [0.05, 0.1) is 0 Å². The van der Waals surface area contributed by atoms with Crippen molar-refractivity contribution in [3.05, 3.63) is 29.3 Å². The molecule has 0 aromatic heterocycles. The van der Waals surface area contributed by atoms with Crippen LogP contribution in [-0.2, 0) is 4.79 Å². The second-order valence-corrected chi connectivity index (χ2v) is 6.75. The lowest BCUT2D eigenvalue weighted by Crippen LogP contribution is -2.45. The van der Waals surface area contributed by atoms with Crippen LogP contribution in [0.15, 0.2) is 18.2 Å². The van der Waals surface area contributed by atoms with Crippen molar-refractivity contribution >= 4 is 5.91 Å². The average Bonchev–Trinajstić information content (AvgIpc) is 2.57. The third kappa shape index (κ3) is 5.49. The first-order valence-corrected chi connectivity index (χ1v) is 8.89. The van der Waals surface area contributed by atoms with Gasteiger partial charge in [0.2, 0.25) is 0 Å². The molecule has 1 aliphatic rings. The smallest absolute Gasteiger partial charge is 0.260 e. The van der Waals surface area contributed by atoms with Gasteiger partial charge in [-0.1, -0.05) is 12.1 Å². The van der Waals surface area contributed by atoms with Gasteiger partial charge < -0.3 is 19.9 Å². The topological polar surface area (TPSA) is 44.8 Å². The number of hydrogen-bond donors (Lipinski definition) is 1. The molecule has 0 unspecified atom stereocenters. The highest BCUT2D eigenvalue weighted by molar-refractivity contribution is 5.80. The number of carbonyl (C=O) groups excluding carboxylic acids is 1. The molecule has 1 amide bonds. The number of nitrogens with zero attached hydrogens (tertiary/aromatic N) is 2. The standard InChI is InChI=1S/C19H31N3O2/c1-15-7-5-8-18(16(15)2)24-17(3)19(23)20-9-6-10-22-13-11-21(4)12-14-22/h5,7-8,17H,6,9-14H2,1-4H3,(H,20,23)/t17-/m0/s1. The molecular formula is C19H31N3O2. The van der Waals surface area contributed by atoms with Crippen molar-refractivity contribution < 1.29 is 9.53 Å². The normalized spacial score (nSPS) is 17.5. The number of piperazine rings is 1. The van der Waals surface area contributed by atoms with Crippen LogP contribution in [0.1, 0.15) is 24.5 Å². The van der Waals surface area contributed by atoms with Crippen molar-refractivity contribution in [2.24, 2.45) is 0 Å². The lowest BCUT2D eigenvalue weighted by molar-refractivity contribution is -0.127. The summed E-state index contributed by atoms with van der Waals surface area (Å²) in [4.78, 5) is 17.0. The van der Waals surface area contributed by atoms with Crippen molar-refractivity contribution in [2.45, 2.75) is 33.3 Å². The van der Waals surface area contributed by atoms with E-state index in [9.17, 15) is 4.79 Å². The summed E-state index contributed by atoms with van der Waals surface area (Å²) < 4.78 is 5.82. The maximum Gasteiger partial charge on any atom is 0.260 e. The van der Waals surface area contributed by atoms with Crippen molar-refractivity contribution in [2.75, 3.05) is 46.3 Å². The molecule has 0 radical (unpaired) electrons. The second-order valence-electron chi connectivity index (χ2n) is 6.75. The Morgan fingerprint density at radius 2 is 1.96 bits per heavy atom. The van der Waals surface area contributed by atoms with E-state index in [1.165, 1.54) is 5.56 Å². The molecule has 1 saturated heterocycles. The molecular weight excluding hydrogens is 302 g/mol. The summed E-state index contributed by atoms with van der Waals surface area (Å²) in [5.74, 6) is 0.740. The second kappa shape index (κ2) is 9.04. The summed E-state index contributed by atoms with van der Waals surface area (Å²) in [6.45, 7) is 12.1. The van der Waals surface area contributed by atoms with E-state index in [4.69, 9.17) is 4.74 Å². The molecule has 1 aliphatic heterocycles. The van der Waals surface area contributed by atoms with Gasteiger partial charge in [-0.3, -0.25) is 4.79 Å². The zero-order chi connectivity index (χ0) is 17.5. The minimum absolute atomic E-state index is 0.0470. The summed E-state index contributed by atoms with van der Waals surface area (Å²) in [5, 5.41) is 2.98. The van der Waals surface area contributed by atoms with Gasteiger partial charge in [0.15, 0.2) is 6.10 Å². The van der Waals surface area contributed by atoms with E-state index in [0.29, 0.717) is 6.54 Å². The molecule has 1 fully saturated rings. The highest BCUT2D eigenvalue weighted by Crippen LogP contribution is 2.21. The highest BCUT2D eigenvalue weighted by Gasteiger charge is 2.16. The summed E-state index contributed by atoms with van der Waals surface area (Å²) in [5.41, 5.74) is 2.26. The first-order chi connectivity index (χ1) is 11.5. The minimum atomic E-state index is -0.478. The highest BCUT2D eigenvalue weighted by atomic mass is 16.5. The molecule has 24 heavy (non-hydrogen) atoms. The summed E-state index contributed by atoms with van der Waals surface area (Å²) in [6, 6.07) is 5.92. The Morgan fingerprint density at radius 1 is 1.25 bits per heavy atom. The molecule has 5 nitrogen and oxygen atoms in total. The Morgan fingerprint density at radius 3 is 2.67 bits per heavy atom. The molecule has 134 valence electrons. The Labute approximate surface area is 146 Å². The van der Waals surface area contributed by atoms with Gasteiger partial charge in [-0.15, -0.1) is 0 Å². The molecule has 0 saturated carbocycles. The molecule has 1 aromatic carbocycles. The number of ether oxygens (including phenoxy) is 1. The maximum atomic E-state index is 12.2. The fourth-order valence-corrected chi connectivity index (χ4v) is 2.83. The van der Waals surface area contributed by atoms with E-state index in [1.807, 2.05) is 32.0 Å². The minimum Gasteiger partial charge on any atom is -0.481 e. The van der Waals surface area contributed by atoms with Crippen molar-refractivity contribution in [1.82, 2.24) is 15.1 Å². The van der Waals surface area contributed by atoms with Gasteiger partial charge in [-0.2, -0.15) is 0 Å². The molecule has 5 heteroatoms. The van der Waals surface area contributed by atoms with Crippen LogP contribution in [0.5, 0.6) is 5.75 Å². The van der Waals surface area contributed by atoms with E-state index in [2.05, 4.69) is 22.2 Å². The zero-order valence-electron chi connectivity index (χ0n) is 15.5. The monoisotopic (exact) mass is 333 g/mol. The maximum absolute atomic E-state index is 12.2. The van der Waals surface area contributed by atoms with Crippen LogP contribution in [0.25, 0.3) is 0 Å². The van der Waals surface area contributed by atoms with Crippen LogP contribution in [0, 0.1) is 13.8 Å². The molecule has 0 spiro atoms. The Hall–Kier alpha value is -1.59. The van der Waals surface area contributed by atoms with Crippen LogP contribution < -0.4 is 10.1 Å². The van der Waals surface area contributed by atoms with Crippen LogP contribution in [0.2, 0.25) is 0 Å². The predicted octanol–water partition coefficient (Wildman–Crippen LogP) is 1.82. The SMILES string of the molecule is Cc1cccc(O[C@@H](C)C(=O)NCCCN2CCN(C)CC2)c1C. The fraction of sp³-hybridized carbons (Fsp3) is 0.632. The van der Waals surface area contributed by atoms with Gasteiger partial charge in [-0.05, 0) is 58.0 Å². The molecule has 1 aromatic rings. The molecule has 1 N–H and O–H groups in total. The first kappa shape index (κ1) is 18.7. The largest absolute Gasteiger partial charge is 0.481 e. The number of benzene rings is 1. The summed E-state index contributed by atoms with van der Waals surface area (Å²) in [6.07, 6.45) is 0.500. The predicted molar refractivity (Wildman–Crippen MR) is 97.6 cm³/mol. The summed E-state index contributed by atoms with van der Waals surface area (Å²) >= 11 is 0. The van der Waals surface area contributed by atoms with Crippen LogP contribution >= 0.6 is 0 Å². The van der Waals surface area contributed by atoms with Crippen LogP contribution in [-0.4, -0.2) is 68.1 Å². The lowest BCUT2D eigenvalue weighted by atomic mass is 10.1. The van der Waals surface area contributed by atoms with Crippen molar-refractivity contribution in [3.8, 4) is 5.75 Å². The third-order valence-corrected chi connectivity index (χ3v) is 4.77. The van der Waals surface area contributed by atoms with E-state index < -0.39 is 6.10 Å². The van der Waals surface area contributed by atoms with Gasteiger partial charge in [-0.25, -0.2) is 0 Å². The Kier molecular flexibility index (Phi) is 7.06. The molecule has 2 rings (SSSR count). The average molecular weight is 333 g/mol. The van der Waals surface area contributed by atoms with Gasteiger partial charge in [0.1, 0.15) is 5.75 Å². The lowest BCUT2D eigenvalue weighted by Gasteiger charge is -2.32. The number of rotatable bonds is 7. The number of hydrogen-bond acceptors (Lipinski definition) is 4. The summed E-state index contributed by atoms with van der Waals surface area (Å²) in [7, 11) is 2.16. The molecule has 0 aliphatic carbocycles. The number of likely N-dealkylation sites (N-methyl/N-ethyl adjacent to an activating group) is 1. The first-order valence-electron chi connectivity index (χ1n) is 8.89. The number of aryl methyl sites for hydroxylation is 1. The Bertz CT molecular complexity index is 539. The van der Waals surface area contributed by atoms with Crippen LogP contribution in [0.3, 0.4) is 0 Å². The van der Waals surface area contributed by atoms with Gasteiger partial charge >= 0.3 is 0 Å².